The molecule has 2 atom stereocenters. The van der Waals surface area contributed by atoms with Crippen molar-refractivity contribution in [2.45, 2.75) is 45.1 Å². The van der Waals surface area contributed by atoms with Gasteiger partial charge in [0.2, 0.25) is 0 Å². The van der Waals surface area contributed by atoms with Crippen LogP contribution >= 0.6 is 33.9 Å². The summed E-state index contributed by atoms with van der Waals surface area (Å²) in [5, 5.41) is 3.82. The first-order valence-corrected chi connectivity index (χ1v) is 8.65. The van der Waals surface area contributed by atoms with E-state index in [1.165, 1.54) is 41.5 Å². The second-order valence-corrected chi connectivity index (χ2v) is 8.63. The standard InChI is InChI=1S/C14H20INS/c1-9(10-5-6-10)8-16-12-3-2-4-13-11(12)7-14(15)17-13/h7,9-10,12,16H,2-6,8H2,1H3. The number of rotatable bonds is 4. The number of thiophene rings is 1. The fourth-order valence-electron chi connectivity index (χ4n) is 2.89. The highest BCUT2D eigenvalue weighted by Crippen LogP contribution is 2.38. The zero-order valence-electron chi connectivity index (χ0n) is 10.3. The molecule has 3 heteroatoms. The lowest BCUT2D eigenvalue weighted by Gasteiger charge is -2.25. The van der Waals surface area contributed by atoms with Crippen LogP contribution in [-0.4, -0.2) is 6.54 Å². The van der Waals surface area contributed by atoms with Crippen molar-refractivity contribution in [2.24, 2.45) is 11.8 Å². The molecule has 1 aromatic heterocycles. The van der Waals surface area contributed by atoms with Gasteiger partial charge in [-0.15, -0.1) is 11.3 Å². The van der Waals surface area contributed by atoms with Crippen LogP contribution in [0.2, 0.25) is 0 Å². The largest absolute Gasteiger partial charge is 0.310 e. The highest BCUT2D eigenvalue weighted by Gasteiger charge is 2.29. The summed E-state index contributed by atoms with van der Waals surface area (Å²) in [6.45, 7) is 3.62. The van der Waals surface area contributed by atoms with E-state index in [1.54, 1.807) is 10.4 Å². The Labute approximate surface area is 122 Å². The van der Waals surface area contributed by atoms with Crippen LogP contribution < -0.4 is 5.32 Å². The molecular weight excluding hydrogens is 341 g/mol. The highest BCUT2D eigenvalue weighted by atomic mass is 127. The lowest BCUT2D eigenvalue weighted by atomic mass is 9.93. The molecule has 0 saturated heterocycles. The van der Waals surface area contributed by atoms with Gasteiger partial charge in [-0.05, 0) is 84.7 Å². The molecule has 1 fully saturated rings. The molecule has 0 radical (unpaired) electrons. The SMILES string of the molecule is CC(CNC1CCCc2sc(I)cc21)C1CC1. The van der Waals surface area contributed by atoms with E-state index >= 15 is 0 Å². The number of aryl methyl sites for hydroxylation is 1. The summed E-state index contributed by atoms with van der Waals surface area (Å²) in [5.41, 5.74) is 1.61. The number of fused-ring (bicyclic) bond motifs is 1. The predicted octanol–water partition coefficient (Wildman–Crippen LogP) is 4.37. The van der Waals surface area contributed by atoms with E-state index < -0.39 is 0 Å². The average Bonchev–Trinajstić information content (AvgIpc) is 3.08. The van der Waals surface area contributed by atoms with Crippen molar-refractivity contribution in [2.75, 3.05) is 6.54 Å². The van der Waals surface area contributed by atoms with E-state index in [-0.39, 0.29) is 0 Å². The van der Waals surface area contributed by atoms with Crippen molar-refractivity contribution in [1.29, 1.82) is 0 Å². The summed E-state index contributed by atoms with van der Waals surface area (Å²) < 4.78 is 1.46. The Morgan fingerprint density at radius 1 is 1.47 bits per heavy atom. The third-order valence-corrected chi connectivity index (χ3v) is 6.17. The minimum atomic E-state index is 0.639. The Balaban J connectivity index is 1.63. The number of hydrogen-bond acceptors (Lipinski definition) is 2. The summed E-state index contributed by atoms with van der Waals surface area (Å²) in [7, 11) is 0. The molecule has 1 N–H and O–H groups in total. The molecule has 2 aliphatic rings. The zero-order chi connectivity index (χ0) is 11.8. The van der Waals surface area contributed by atoms with Crippen LogP contribution in [0, 0.1) is 14.7 Å². The first-order chi connectivity index (χ1) is 8.24. The molecule has 2 aliphatic carbocycles. The normalized spacial score (nSPS) is 25.6. The number of halogens is 1. The molecule has 0 amide bonds. The third-order valence-electron chi connectivity index (χ3n) is 4.20. The van der Waals surface area contributed by atoms with Gasteiger partial charge in [0.15, 0.2) is 0 Å². The second kappa shape index (κ2) is 5.17. The molecule has 1 heterocycles. The Hall–Kier alpha value is 0.390. The molecule has 3 rings (SSSR count). The molecule has 2 unspecified atom stereocenters. The molecule has 94 valence electrons. The minimum Gasteiger partial charge on any atom is -0.310 e. The van der Waals surface area contributed by atoms with Crippen molar-refractivity contribution in [1.82, 2.24) is 5.32 Å². The smallest absolute Gasteiger partial charge is 0.0659 e. The van der Waals surface area contributed by atoms with Crippen LogP contribution in [0.1, 0.15) is 49.1 Å². The molecule has 0 aliphatic heterocycles. The van der Waals surface area contributed by atoms with E-state index in [9.17, 15) is 0 Å². The Morgan fingerprint density at radius 2 is 2.29 bits per heavy atom. The maximum Gasteiger partial charge on any atom is 0.0659 e. The van der Waals surface area contributed by atoms with E-state index in [0.29, 0.717) is 6.04 Å². The lowest BCUT2D eigenvalue weighted by molar-refractivity contribution is 0.393. The maximum atomic E-state index is 3.82. The summed E-state index contributed by atoms with van der Waals surface area (Å²) in [5.74, 6) is 1.89. The summed E-state index contributed by atoms with van der Waals surface area (Å²) in [4.78, 5) is 1.64. The van der Waals surface area contributed by atoms with Crippen molar-refractivity contribution >= 4 is 33.9 Å². The van der Waals surface area contributed by atoms with Crippen LogP contribution in [0.4, 0.5) is 0 Å². The number of hydrogen-bond donors (Lipinski definition) is 1. The van der Waals surface area contributed by atoms with Crippen molar-refractivity contribution in [3.05, 3.63) is 19.4 Å². The molecule has 0 aromatic carbocycles. The molecule has 0 bridgehead atoms. The topological polar surface area (TPSA) is 12.0 Å². The Kier molecular flexibility index (Phi) is 3.78. The first kappa shape index (κ1) is 12.4. The lowest BCUT2D eigenvalue weighted by Crippen LogP contribution is -2.29. The Bertz CT molecular complexity index is 397. The summed E-state index contributed by atoms with van der Waals surface area (Å²) in [6, 6.07) is 3.04. The second-order valence-electron chi connectivity index (χ2n) is 5.60. The first-order valence-electron chi connectivity index (χ1n) is 6.75. The fourth-order valence-corrected chi connectivity index (χ4v) is 5.01. The molecule has 1 aromatic rings. The van der Waals surface area contributed by atoms with Gasteiger partial charge >= 0.3 is 0 Å². The Morgan fingerprint density at radius 3 is 3.06 bits per heavy atom. The van der Waals surface area contributed by atoms with Gasteiger partial charge in [0.25, 0.3) is 0 Å². The van der Waals surface area contributed by atoms with Gasteiger partial charge in [0.1, 0.15) is 0 Å². The van der Waals surface area contributed by atoms with E-state index in [2.05, 4.69) is 40.9 Å². The van der Waals surface area contributed by atoms with Crippen molar-refractivity contribution < 1.29 is 0 Å². The number of nitrogens with one attached hydrogen (secondary N) is 1. The van der Waals surface area contributed by atoms with Crippen LogP contribution in [0.5, 0.6) is 0 Å². The maximum absolute atomic E-state index is 3.82. The molecule has 1 nitrogen and oxygen atoms in total. The van der Waals surface area contributed by atoms with Crippen molar-refractivity contribution in [3.63, 3.8) is 0 Å². The summed E-state index contributed by atoms with van der Waals surface area (Å²) in [6.07, 6.45) is 6.93. The average molecular weight is 361 g/mol. The molecule has 1 saturated carbocycles. The van der Waals surface area contributed by atoms with Crippen molar-refractivity contribution in [3.8, 4) is 0 Å². The van der Waals surface area contributed by atoms with Crippen LogP contribution in [0.15, 0.2) is 6.07 Å². The van der Waals surface area contributed by atoms with E-state index in [1.807, 2.05) is 11.3 Å². The van der Waals surface area contributed by atoms with Gasteiger partial charge < -0.3 is 5.32 Å². The fraction of sp³-hybridized carbons (Fsp3) is 0.714. The van der Waals surface area contributed by atoms with Gasteiger partial charge in [-0.3, -0.25) is 0 Å². The van der Waals surface area contributed by atoms with Crippen LogP contribution in [0.3, 0.4) is 0 Å². The van der Waals surface area contributed by atoms with Crippen LogP contribution in [-0.2, 0) is 6.42 Å². The van der Waals surface area contributed by atoms with E-state index in [0.717, 1.165) is 11.8 Å². The molecular formula is C14H20INS. The minimum absolute atomic E-state index is 0.639. The van der Waals surface area contributed by atoms with Crippen LogP contribution in [0.25, 0.3) is 0 Å². The third kappa shape index (κ3) is 2.87. The van der Waals surface area contributed by atoms with Gasteiger partial charge in [-0.1, -0.05) is 6.92 Å². The predicted molar refractivity (Wildman–Crippen MR) is 82.6 cm³/mol. The van der Waals surface area contributed by atoms with Gasteiger partial charge in [-0.2, -0.15) is 0 Å². The quantitative estimate of drug-likeness (QED) is 0.786. The van der Waals surface area contributed by atoms with Gasteiger partial charge in [-0.25, -0.2) is 0 Å². The highest BCUT2D eigenvalue weighted by molar-refractivity contribution is 14.1. The van der Waals surface area contributed by atoms with Gasteiger partial charge in [0, 0.05) is 10.9 Å². The summed E-state index contributed by atoms with van der Waals surface area (Å²) >= 11 is 4.46. The van der Waals surface area contributed by atoms with Gasteiger partial charge in [0.05, 0.1) is 2.88 Å². The molecule has 17 heavy (non-hydrogen) atoms. The molecule has 0 spiro atoms. The monoisotopic (exact) mass is 361 g/mol. The van der Waals surface area contributed by atoms with E-state index in [4.69, 9.17) is 0 Å². The zero-order valence-corrected chi connectivity index (χ0v) is 13.3.